The number of nitro benzene ring substituents is 1. The molecule has 0 saturated heterocycles. The number of benzene rings is 3. The van der Waals surface area contributed by atoms with Crippen molar-refractivity contribution in [3.05, 3.63) is 76.3 Å². The normalized spacial score (nSPS) is 10.4. The molecule has 0 fully saturated rings. The van der Waals surface area contributed by atoms with E-state index in [0.717, 1.165) is 10.8 Å². The monoisotopic (exact) mass is 308 g/mol. The van der Waals surface area contributed by atoms with Gasteiger partial charge in [0, 0.05) is 17.1 Å². The van der Waals surface area contributed by atoms with Crippen LogP contribution < -0.4 is 5.32 Å². The highest BCUT2D eigenvalue weighted by atomic mass is 16.6. The quantitative estimate of drug-likeness (QED) is 0.557. The zero-order valence-electron chi connectivity index (χ0n) is 11.9. The Morgan fingerprint density at radius 3 is 2.43 bits per heavy atom. The van der Waals surface area contributed by atoms with Gasteiger partial charge in [0.1, 0.15) is 5.69 Å². The fourth-order valence-corrected chi connectivity index (χ4v) is 2.47. The third-order valence-corrected chi connectivity index (χ3v) is 3.52. The number of carbonyl (C=O) groups is 1. The van der Waals surface area contributed by atoms with Crippen LogP contribution in [0.5, 0.6) is 0 Å². The summed E-state index contributed by atoms with van der Waals surface area (Å²) in [6, 6.07) is 17.0. The first kappa shape index (κ1) is 14.5. The molecule has 6 heteroatoms. The SMILES string of the molecule is O=C(O)c1cccc([N+](=O)[O-])c1Nc1cccc2ccccc12. The highest BCUT2D eigenvalue weighted by molar-refractivity contribution is 6.01. The number of hydrogen-bond acceptors (Lipinski definition) is 4. The maximum absolute atomic E-state index is 11.4. The van der Waals surface area contributed by atoms with Crippen LogP contribution in [-0.4, -0.2) is 16.0 Å². The molecule has 0 radical (unpaired) electrons. The predicted molar refractivity (Wildman–Crippen MR) is 87.3 cm³/mol. The Kier molecular flexibility index (Phi) is 3.64. The van der Waals surface area contributed by atoms with Crippen molar-refractivity contribution < 1.29 is 14.8 Å². The molecule has 0 aliphatic heterocycles. The molecule has 3 aromatic rings. The smallest absolute Gasteiger partial charge is 0.338 e. The van der Waals surface area contributed by atoms with Crippen LogP contribution in [-0.2, 0) is 0 Å². The minimum absolute atomic E-state index is 0.0265. The first-order chi connectivity index (χ1) is 11.1. The molecule has 0 spiro atoms. The molecule has 3 rings (SSSR count). The molecule has 0 heterocycles. The number of carboxylic acids is 1. The van der Waals surface area contributed by atoms with E-state index in [-0.39, 0.29) is 16.9 Å². The molecule has 114 valence electrons. The molecule has 2 N–H and O–H groups in total. The minimum atomic E-state index is -1.23. The average Bonchev–Trinajstić information content (AvgIpc) is 2.55. The number of anilines is 2. The number of hydrogen-bond donors (Lipinski definition) is 2. The highest BCUT2D eigenvalue weighted by Crippen LogP contribution is 2.34. The zero-order valence-corrected chi connectivity index (χ0v) is 11.9. The van der Waals surface area contributed by atoms with Crippen LogP contribution >= 0.6 is 0 Å². The van der Waals surface area contributed by atoms with Crippen molar-refractivity contribution in [3.63, 3.8) is 0 Å². The lowest BCUT2D eigenvalue weighted by Gasteiger charge is -2.12. The third-order valence-electron chi connectivity index (χ3n) is 3.52. The largest absolute Gasteiger partial charge is 0.478 e. The van der Waals surface area contributed by atoms with E-state index in [9.17, 15) is 20.0 Å². The Balaban J connectivity index is 2.19. The Labute approximate surface area is 131 Å². The van der Waals surface area contributed by atoms with E-state index >= 15 is 0 Å². The number of nitrogens with zero attached hydrogens (tertiary/aromatic N) is 1. The molecule has 0 atom stereocenters. The average molecular weight is 308 g/mol. The second-order valence-electron chi connectivity index (χ2n) is 4.91. The van der Waals surface area contributed by atoms with Crippen molar-refractivity contribution in [1.82, 2.24) is 0 Å². The topological polar surface area (TPSA) is 92.5 Å². The molecular formula is C17H12N2O4. The Morgan fingerprint density at radius 1 is 1.00 bits per heavy atom. The third kappa shape index (κ3) is 2.69. The summed E-state index contributed by atoms with van der Waals surface area (Å²) in [5.74, 6) is -1.23. The maximum Gasteiger partial charge on any atom is 0.338 e. The summed E-state index contributed by atoms with van der Waals surface area (Å²) in [6.45, 7) is 0. The minimum Gasteiger partial charge on any atom is -0.478 e. The number of fused-ring (bicyclic) bond motifs is 1. The Bertz CT molecular complexity index is 884. The van der Waals surface area contributed by atoms with E-state index < -0.39 is 10.9 Å². The number of para-hydroxylation sites is 1. The summed E-state index contributed by atoms with van der Waals surface area (Å²) in [7, 11) is 0. The van der Waals surface area contributed by atoms with Crippen molar-refractivity contribution in [2.75, 3.05) is 5.32 Å². The van der Waals surface area contributed by atoms with Crippen molar-refractivity contribution in [3.8, 4) is 0 Å². The molecule has 0 bridgehead atoms. The molecule has 0 aliphatic carbocycles. The zero-order chi connectivity index (χ0) is 16.4. The molecule has 3 aromatic carbocycles. The Hall–Kier alpha value is -3.41. The number of nitro groups is 1. The van der Waals surface area contributed by atoms with Crippen LogP contribution in [0.2, 0.25) is 0 Å². The van der Waals surface area contributed by atoms with Crippen LogP contribution in [0.4, 0.5) is 17.1 Å². The van der Waals surface area contributed by atoms with Gasteiger partial charge in [0.2, 0.25) is 0 Å². The van der Waals surface area contributed by atoms with Gasteiger partial charge in [0.25, 0.3) is 5.69 Å². The fraction of sp³-hybridized carbons (Fsp3) is 0. The lowest BCUT2D eigenvalue weighted by molar-refractivity contribution is -0.383. The van der Waals surface area contributed by atoms with Crippen LogP contribution in [0, 0.1) is 10.1 Å². The van der Waals surface area contributed by atoms with Crippen LogP contribution in [0.1, 0.15) is 10.4 Å². The molecule has 0 saturated carbocycles. The standard InChI is InChI=1S/C17H12N2O4/c20-17(21)13-8-4-10-15(19(22)23)16(13)18-14-9-3-6-11-5-1-2-7-12(11)14/h1-10,18H,(H,20,21). The van der Waals surface area contributed by atoms with E-state index in [2.05, 4.69) is 5.32 Å². The summed E-state index contributed by atoms with van der Waals surface area (Å²) >= 11 is 0. The van der Waals surface area contributed by atoms with Gasteiger partial charge in [-0.2, -0.15) is 0 Å². The van der Waals surface area contributed by atoms with E-state index in [1.165, 1.54) is 18.2 Å². The van der Waals surface area contributed by atoms with Crippen molar-refractivity contribution in [2.45, 2.75) is 0 Å². The van der Waals surface area contributed by atoms with Gasteiger partial charge in [0.05, 0.1) is 10.5 Å². The highest BCUT2D eigenvalue weighted by Gasteiger charge is 2.21. The molecule has 0 aliphatic rings. The van der Waals surface area contributed by atoms with Crippen LogP contribution in [0.3, 0.4) is 0 Å². The van der Waals surface area contributed by atoms with Gasteiger partial charge in [-0.25, -0.2) is 4.79 Å². The maximum atomic E-state index is 11.4. The van der Waals surface area contributed by atoms with E-state index in [1.807, 2.05) is 30.3 Å². The lowest BCUT2D eigenvalue weighted by Crippen LogP contribution is -2.06. The molecule has 23 heavy (non-hydrogen) atoms. The number of rotatable bonds is 4. The predicted octanol–water partition coefficient (Wildman–Crippen LogP) is 4.19. The number of carboxylic acid groups (broad SMARTS) is 1. The van der Waals surface area contributed by atoms with Gasteiger partial charge in [-0.15, -0.1) is 0 Å². The van der Waals surface area contributed by atoms with Crippen molar-refractivity contribution in [1.29, 1.82) is 0 Å². The van der Waals surface area contributed by atoms with Crippen molar-refractivity contribution >= 4 is 33.8 Å². The summed E-state index contributed by atoms with van der Waals surface area (Å²) in [4.78, 5) is 22.0. The van der Waals surface area contributed by atoms with Crippen LogP contribution in [0.15, 0.2) is 60.7 Å². The molecular weight excluding hydrogens is 296 g/mol. The first-order valence-corrected chi connectivity index (χ1v) is 6.83. The van der Waals surface area contributed by atoms with Crippen molar-refractivity contribution in [2.24, 2.45) is 0 Å². The first-order valence-electron chi connectivity index (χ1n) is 6.83. The molecule has 0 amide bonds. The second-order valence-corrected chi connectivity index (χ2v) is 4.91. The summed E-state index contributed by atoms with van der Waals surface area (Å²) in [5.41, 5.74) is 0.159. The van der Waals surface area contributed by atoms with E-state index in [0.29, 0.717) is 5.69 Å². The van der Waals surface area contributed by atoms with Crippen LogP contribution in [0.25, 0.3) is 10.8 Å². The molecule has 6 nitrogen and oxygen atoms in total. The lowest BCUT2D eigenvalue weighted by atomic mass is 10.1. The van der Waals surface area contributed by atoms with Gasteiger partial charge in [-0.05, 0) is 17.5 Å². The summed E-state index contributed by atoms with van der Waals surface area (Å²) < 4.78 is 0. The van der Waals surface area contributed by atoms with Gasteiger partial charge in [0.15, 0.2) is 0 Å². The fourth-order valence-electron chi connectivity index (χ4n) is 2.47. The summed E-state index contributed by atoms with van der Waals surface area (Å²) in [5, 5.41) is 25.3. The van der Waals surface area contributed by atoms with Gasteiger partial charge < -0.3 is 10.4 Å². The number of aromatic carboxylic acids is 1. The van der Waals surface area contributed by atoms with Gasteiger partial charge in [-0.1, -0.05) is 42.5 Å². The van der Waals surface area contributed by atoms with E-state index in [1.54, 1.807) is 12.1 Å². The van der Waals surface area contributed by atoms with E-state index in [4.69, 9.17) is 0 Å². The van der Waals surface area contributed by atoms with Gasteiger partial charge >= 0.3 is 5.97 Å². The molecule has 0 unspecified atom stereocenters. The second kappa shape index (κ2) is 5.76. The number of nitrogens with one attached hydrogen (secondary N) is 1. The summed E-state index contributed by atoms with van der Waals surface area (Å²) in [6.07, 6.45) is 0. The Morgan fingerprint density at radius 2 is 1.70 bits per heavy atom. The molecule has 0 aromatic heterocycles. The van der Waals surface area contributed by atoms with Gasteiger partial charge in [-0.3, -0.25) is 10.1 Å².